The minimum Gasteiger partial charge on any atom is -0.462 e. The lowest BCUT2D eigenvalue weighted by Gasteiger charge is -2.18. The van der Waals surface area contributed by atoms with E-state index in [2.05, 4.69) is 69.4 Å². The Morgan fingerprint density at radius 3 is 1.14 bits per heavy atom. The van der Waals surface area contributed by atoms with Crippen LogP contribution in [0.2, 0.25) is 0 Å². The van der Waals surface area contributed by atoms with E-state index in [1.807, 2.05) is 0 Å². The van der Waals surface area contributed by atoms with Gasteiger partial charge in [-0.3, -0.25) is 9.59 Å². The summed E-state index contributed by atoms with van der Waals surface area (Å²) in [5.74, 6) is -0.404. The largest absolute Gasteiger partial charge is 0.462 e. The molecule has 0 aromatic rings. The van der Waals surface area contributed by atoms with E-state index in [-0.39, 0.29) is 25.2 Å². The van der Waals surface area contributed by atoms with Crippen LogP contribution in [0.15, 0.2) is 48.6 Å². The molecule has 1 atom stereocenters. The van der Waals surface area contributed by atoms with Gasteiger partial charge in [-0.15, -0.1) is 0 Å². The Balaban J connectivity index is 4.26. The summed E-state index contributed by atoms with van der Waals surface area (Å²) >= 11 is 0. The lowest BCUT2D eigenvalue weighted by Crippen LogP contribution is -2.30. The van der Waals surface area contributed by atoms with Gasteiger partial charge >= 0.3 is 11.9 Å². The lowest BCUT2D eigenvalue weighted by molar-refractivity contribution is -0.163. The van der Waals surface area contributed by atoms with E-state index in [9.17, 15) is 9.59 Å². The first-order valence-corrected chi connectivity index (χ1v) is 28.2. The average Bonchev–Trinajstić information content (AvgIpc) is 3.30. The van der Waals surface area contributed by atoms with Gasteiger partial charge in [-0.1, -0.05) is 249 Å². The fourth-order valence-corrected chi connectivity index (χ4v) is 8.17. The zero-order valence-electron chi connectivity index (χ0n) is 43.1. The van der Waals surface area contributed by atoms with Crippen LogP contribution in [-0.4, -0.2) is 37.9 Å². The SMILES string of the molecule is CC/C=C\C/C=C\C/C=C\CCCCCCCCCC(=O)OCC(COCCCCCCCCCCCCCCCCCC)OC(=O)CCCCCCC/C=C\CCCCCCCC. The highest BCUT2D eigenvalue weighted by atomic mass is 16.6. The minimum atomic E-state index is -0.542. The van der Waals surface area contributed by atoms with Gasteiger partial charge in [0.1, 0.15) is 6.61 Å². The molecule has 64 heavy (non-hydrogen) atoms. The van der Waals surface area contributed by atoms with E-state index in [0.717, 1.165) is 77.0 Å². The summed E-state index contributed by atoms with van der Waals surface area (Å²) in [6.07, 6.45) is 68.4. The van der Waals surface area contributed by atoms with Gasteiger partial charge in [-0.2, -0.15) is 0 Å². The fourth-order valence-electron chi connectivity index (χ4n) is 8.17. The molecular formula is C59H108O5. The Kier molecular flexibility index (Phi) is 53.3. The molecule has 0 amide bonds. The second kappa shape index (κ2) is 55.2. The molecule has 0 aliphatic rings. The monoisotopic (exact) mass is 897 g/mol. The van der Waals surface area contributed by atoms with E-state index < -0.39 is 6.10 Å². The number of hydrogen-bond acceptors (Lipinski definition) is 5. The van der Waals surface area contributed by atoms with Crippen LogP contribution in [0.5, 0.6) is 0 Å². The summed E-state index contributed by atoms with van der Waals surface area (Å²) in [6, 6.07) is 0. The molecule has 1 unspecified atom stereocenters. The normalized spacial score (nSPS) is 12.5. The lowest BCUT2D eigenvalue weighted by atomic mass is 10.0. The number of carbonyl (C=O) groups excluding carboxylic acids is 2. The Bertz CT molecular complexity index is 1060. The molecule has 5 nitrogen and oxygen atoms in total. The highest BCUT2D eigenvalue weighted by Crippen LogP contribution is 2.16. The molecule has 0 radical (unpaired) electrons. The molecule has 0 aliphatic carbocycles. The Morgan fingerprint density at radius 2 is 0.703 bits per heavy atom. The summed E-state index contributed by atoms with van der Waals surface area (Å²) in [5, 5.41) is 0. The van der Waals surface area contributed by atoms with Crippen LogP contribution in [0.4, 0.5) is 0 Å². The molecule has 0 aromatic carbocycles. The first-order chi connectivity index (χ1) is 31.6. The van der Waals surface area contributed by atoms with Crippen molar-refractivity contribution >= 4 is 11.9 Å². The molecule has 0 N–H and O–H groups in total. The molecule has 0 aromatic heterocycles. The Labute approximate surface area is 399 Å². The molecule has 0 heterocycles. The van der Waals surface area contributed by atoms with Crippen molar-refractivity contribution in [3.63, 3.8) is 0 Å². The summed E-state index contributed by atoms with van der Waals surface area (Å²) in [7, 11) is 0. The van der Waals surface area contributed by atoms with Gasteiger partial charge in [0.15, 0.2) is 6.10 Å². The standard InChI is InChI=1S/C59H108O5/c1-4-7-10-13-16-19-22-25-28-30-32-34-37-40-43-46-49-52-58(60)63-56-57(55-62-54-51-48-45-42-39-36-33-29-26-23-20-17-14-11-8-5-2)64-59(61)53-50-47-44-41-38-35-31-27-24-21-18-15-12-9-6-3/h7,10,16,19,25,27-28,31,57H,4-6,8-9,11-15,17-18,20-24,26,29-30,32-56H2,1-3H3/b10-7-,19-16-,28-25-,31-27-. The third kappa shape index (κ3) is 52.5. The number of hydrogen-bond donors (Lipinski definition) is 0. The van der Waals surface area contributed by atoms with Crippen LogP contribution in [0, 0.1) is 0 Å². The van der Waals surface area contributed by atoms with E-state index in [4.69, 9.17) is 14.2 Å². The number of allylic oxidation sites excluding steroid dienone is 8. The van der Waals surface area contributed by atoms with Crippen LogP contribution in [-0.2, 0) is 23.8 Å². The predicted octanol–water partition coefficient (Wildman–Crippen LogP) is 19.1. The zero-order valence-corrected chi connectivity index (χ0v) is 43.1. The van der Waals surface area contributed by atoms with Crippen molar-refractivity contribution in [3.05, 3.63) is 48.6 Å². The maximum Gasteiger partial charge on any atom is 0.306 e. The molecule has 0 spiro atoms. The maximum absolute atomic E-state index is 12.8. The molecule has 374 valence electrons. The molecule has 0 fully saturated rings. The molecule has 0 saturated heterocycles. The summed E-state index contributed by atoms with van der Waals surface area (Å²) < 4.78 is 17.5. The second-order valence-electron chi connectivity index (χ2n) is 18.8. The minimum absolute atomic E-state index is 0.0803. The van der Waals surface area contributed by atoms with Gasteiger partial charge < -0.3 is 14.2 Å². The number of rotatable bonds is 52. The zero-order chi connectivity index (χ0) is 46.3. The third-order valence-electron chi connectivity index (χ3n) is 12.3. The average molecular weight is 898 g/mol. The first-order valence-electron chi connectivity index (χ1n) is 28.2. The fraction of sp³-hybridized carbons (Fsp3) is 0.831. The van der Waals surface area contributed by atoms with Crippen LogP contribution in [0.3, 0.4) is 0 Å². The van der Waals surface area contributed by atoms with Crippen molar-refractivity contribution in [2.45, 2.75) is 297 Å². The van der Waals surface area contributed by atoms with Gasteiger partial charge in [0.25, 0.3) is 0 Å². The van der Waals surface area contributed by atoms with Gasteiger partial charge in [0, 0.05) is 19.4 Å². The summed E-state index contributed by atoms with van der Waals surface area (Å²) in [4.78, 5) is 25.5. The maximum atomic E-state index is 12.8. The molecule has 5 heteroatoms. The van der Waals surface area contributed by atoms with E-state index in [1.165, 1.54) is 180 Å². The molecule has 0 saturated carbocycles. The summed E-state index contributed by atoms with van der Waals surface area (Å²) in [6.45, 7) is 7.75. The molecule has 0 aliphatic heterocycles. The number of carbonyl (C=O) groups is 2. The smallest absolute Gasteiger partial charge is 0.306 e. The van der Waals surface area contributed by atoms with E-state index >= 15 is 0 Å². The van der Waals surface area contributed by atoms with Crippen molar-refractivity contribution in [2.75, 3.05) is 19.8 Å². The number of ether oxygens (including phenoxy) is 3. The second-order valence-corrected chi connectivity index (χ2v) is 18.8. The van der Waals surface area contributed by atoms with Gasteiger partial charge in [0.05, 0.1) is 6.61 Å². The number of unbranched alkanes of at least 4 members (excludes halogenated alkanes) is 33. The quantitative estimate of drug-likeness (QED) is 0.0346. The van der Waals surface area contributed by atoms with Crippen LogP contribution >= 0.6 is 0 Å². The van der Waals surface area contributed by atoms with Crippen LogP contribution in [0.25, 0.3) is 0 Å². The highest BCUT2D eigenvalue weighted by molar-refractivity contribution is 5.70. The number of esters is 2. The van der Waals surface area contributed by atoms with Crippen molar-refractivity contribution < 1.29 is 23.8 Å². The third-order valence-corrected chi connectivity index (χ3v) is 12.3. The van der Waals surface area contributed by atoms with Crippen molar-refractivity contribution in [2.24, 2.45) is 0 Å². The molecule has 0 bridgehead atoms. The van der Waals surface area contributed by atoms with E-state index in [0.29, 0.717) is 19.4 Å². The Hall–Kier alpha value is -2.14. The van der Waals surface area contributed by atoms with Crippen LogP contribution in [0.1, 0.15) is 290 Å². The first kappa shape index (κ1) is 61.9. The highest BCUT2D eigenvalue weighted by Gasteiger charge is 2.17. The van der Waals surface area contributed by atoms with Gasteiger partial charge in [0.2, 0.25) is 0 Å². The molecular weight excluding hydrogens is 789 g/mol. The summed E-state index contributed by atoms with van der Waals surface area (Å²) in [5.41, 5.74) is 0. The Morgan fingerprint density at radius 1 is 0.359 bits per heavy atom. The molecule has 0 rings (SSSR count). The van der Waals surface area contributed by atoms with Crippen LogP contribution < -0.4 is 0 Å². The van der Waals surface area contributed by atoms with Crippen molar-refractivity contribution in [1.82, 2.24) is 0 Å². The van der Waals surface area contributed by atoms with Crippen molar-refractivity contribution in [3.8, 4) is 0 Å². The van der Waals surface area contributed by atoms with Gasteiger partial charge in [-0.25, -0.2) is 0 Å². The van der Waals surface area contributed by atoms with Crippen molar-refractivity contribution in [1.29, 1.82) is 0 Å². The predicted molar refractivity (Wildman–Crippen MR) is 279 cm³/mol. The van der Waals surface area contributed by atoms with Gasteiger partial charge in [-0.05, 0) is 77.0 Å². The topological polar surface area (TPSA) is 61.8 Å². The van der Waals surface area contributed by atoms with E-state index in [1.54, 1.807) is 0 Å².